The molecular weight excluding hydrogens is 318 g/mol. The fourth-order valence-electron chi connectivity index (χ4n) is 2.98. The lowest BCUT2D eigenvalue weighted by molar-refractivity contribution is 0.0810. The molecule has 4 heteroatoms. The Balaban J connectivity index is 1.87. The molecule has 1 aliphatic carbocycles. The highest BCUT2D eigenvalue weighted by molar-refractivity contribution is 9.10. The number of aliphatic hydroxyl groups excluding tert-OH is 1. The molecule has 0 bridgehead atoms. The SMILES string of the molecule is COc1ccc(CNCC2(CO)CCCCC2)cc1Br. The number of nitrogens with one attached hydrogen (secondary N) is 1. The molecule has 0 aliphatic heterocycles. The van der Waals surface area contributed by atoms with Gasteiger partial charge in [0.25, 0.3) is 0 Å². The van der Waals surface area contributed by atoms with Crippen molar-refractivity contribution in [3.8, 4) is 5.75 Å². The Morgan fingerprint density at radius 1 is 1.30 bits per heavy atom. The van der Waals surface area contributed by atoms with E-state index in [1.165, 1.54) is 24.8 Å². The molecule has 3 nitrogen and oxygen atoms in total. The van der Waals surface area contributed by atoms with Crippen molar-refractivity contribution in [1.82, 2.24) is 5.32 Å². The van der Waals surface area contributed by atoms with Gasteiger partial charge in [0.2, 0.25) is 0 Å². The summed E-state index contributed by atoms with van der Waals surface area (Å²) in [6.07, 6.45) is 6.09. The largest absolute Gasteiger partial charge is 0.496 e. The first-order chi connectivity index (χ1) is 9.69. The van der Waals surface area contributed by atoms with Gasteiger partial charge in [-0.25, -0.2) is 0 Å². The van der Waals surface area contributed by atoms with Gasteiger partial charge < -0.3 is 15.2 Å². The molecular formula is C16H24BrNO2. The van der Waals surface area contributed by atoms with Crippen molar-refractivity contribution >= 4 is 15.9 Å². The second-order valence-corrected chi connectivity index (χ2v) is 6.65. The third-order valence-corrected chi connectivity index (χ3v) is 4.91. The number of aliphatic hydroxyl groups is 1. The van der Waals surface area contributed by atoms with Crippen molar-refractivity contribution in [3.63, 3.8) is 0 Å². The molecule has 0 unspecified atom stereocenters. The van der Waals surface area contributed by atoms with Crippen LogP contribution in [0.2, 0.25) is 0 Å². The van der Waals surface area contributed by atoms with Crippen LogP contribution in [0.1, 0.15) is 37.7 Å². The van der Waals surface area contributed by atoms with Crippen molar-refractivity contribution in [2.24, 2.45) is 5.41 Å². The monoisotopic (exact) mass is 341 g/mol. The van der Waals surface area contributed by atoms with Gasteiger partial charge in [0.1, 0.15) is 5.75 Å². The van der Waals surface area contributed by atoms with E-state index in [-0.39, 0.29) is 5.41 Å². The molecule has 0 saturated heterocycles. The van der Waals surface area contributed by atoms with Crippen LogP contribution < -0.4 is 10.1 Å². The standard InChI is InChI=1S/C16H24BrNO2/c1-20-15-6-5-13(9-14(15)17)10-18-11-16(12-19)7-3-2-4-8-16/h5-6,9,18-19H,2-4,7-8,10-12H2,1H3. The summed E-state index contributed by atoms with van der Waals surface area (Å²) < 4.78 is 6.21. The minimum Gasteiger partial charge on any atom is -0.496 e. The zero-order valence-corrected chi connectivity index (χ0v) is 13.7. The number of rotatable bonds is 6. The highest BCUT2D eigenvalue weighted by Gasteiger charge is 2.30. The summed E-state index contributed by atoms with van der Waals surface area (Å²) in [6.45, 7) is 2.02. The molecule has 0 radical (unpaired) electrons. The van der Waals surface area contributed by atoms with Crippen LogP contribution in [0, 0.1) is 5.41 Å². The number of methoxy groups -OCH3 is 1. The first-order valence-electron chi connectivity index (χ1n) is 7.33. The van der Waals surface area contributed by atoms with Crippen molar-refractivity contribution in [3.05, 3.63) is 28.2 Å². The molecule has 0 amide bonds. The predicted octanol–water partition coefficient (Wildman–Crippen LogP) is 3.49. The molecule has 20 heavy (non-hydrogen) atoms. The summed E-state index contributed by atoms with van der Waals surface area (Å²) in [5.74, 6) is 0.854. The lowest BCUT2D eigenvalue weighted by Crippen LogP contribution is -2.38. The Hall–Kier alpha value is -0.580. The Bertz CT molecular complexity index is 430. The fraction of sp³-hybridized carbons (Fsp3) is 0.625. The topological polar surface area (TPSA) is 41.5 Å². The van der Waals surface area contributed by atoms with Crippen LogP contribution in [0.25, 0.3) is 0 Å². The van der Waals surface area contributed by atoms with Gasteiger partial charge in [0, 0.05) is 25.1 Å². The van der Waals surface area contributed by atoms with Crippen LogP contribution in [0.5, 0.6) is 5.75 Å². The number of ether oxygens (including phenoxy) is 1. The summed E-state index contributed by atoms with van der Waals surface area (Å²) >= 11 is 3.51. The normalized spacial score (nSPS) is 17.9. The molecule has 2 N–H and O–H groups in total. The van der Waals surface area contributed by atoms with Crippen molar-refractivity contribution in [1.29, 1.82) is 0 Å². The second-order valence-electron chi connectivity index (χ2n) is 5.79. The molecule has 1 fully saturated rings. The predicted molar refractivity (Wildman–Crippen MR) is 85.0 cm³/mol. The van der Waals surface area contributed by atoms with Crippen molar-refractivity contribution in [2.75, 3.05) is 20.3 Å². The van der Waals surface area contributed by atoms with E-state index >= 15 is 0 Å². The first-order valence-corrected chi connectivity index (χ1v) is 8.12. The number of hydrogen-bond donors (Lipinski definition) is 2. The van der Waals surface area contributed by atoms with Gasteiger partial charge in [-0.1, -0.05) is 25.3 Å². The van der Waals surface area contributed by atoms with Gasteiger partial charge in [0.05, 0.1) is 11.6 Å². The van der Waals surface area contributed by atoms with Gasteiger partial charge in [-0.15, -0.1) is 0 Å². The highest BCUT2D eigenvalue weighted by Crippen LogP contribution is 2.35. The Kier molecular flexibility index (Phi) is 5.87. The Labute approximate surface area is 129 Å². The van der Waals surface area contributed by atoms with Gasteiger partial charge in [-0.2, -0.15) is 0 Å². The van der Waals surface area contributed by atoms with Crippen molar-refractivity contribution in [2.45, 2.75) is 38.6 Å². The summed E-state index contributed by atoms with van der Waals surface area (Å²) in [4.78, 5) is 0. The molecule has 1 saturated carbocycles. The second kappa shape index (κ2) is 7.43. The molecule has 0 aromatic heterocycles. The lowest BCUT2D eigenvalue weighted by Gasteiger charge is -2.35. The third-order valence-electron chi connectivity index (χ3n) is 4.29. The minimum atomic E-state index is 0.0992. The number of hydrogen-bond acceptors (Lipinski definition) is 3. The lowest BCUT2D eigenvalue weighted by atomic mass is 9.74. The van der Waals surface area contributed by atoms with Crippen LogP contribution >= 0.6 is 15.9 Å². The summed E-state index contributed by atoms with van der Waals surface area (Å²) in [5.41, 5.74) is 1.32. The van der Waals surface area contributed by atoms with Crippen LogP contribution in [0.3, 0.4) is 0 Å². The molecule has 0 atom stereocenters. The molecule has 1 aromatic carbocycles. The van der Waals surface area contributed by atoms with E-state index in [1.54, 1.807) is 7.11 Å². The zero-order chi connectivity index (χ0) is 14.4. The minimum absolute atomic E-state index is 0.0992. The van der Waals surface area contributed by atoms with E-state index in [0.717, 1.165) is 36.2 Å². The molecule has 0 heterocycles. The average Bonchev–Trinajstić information content (AvgIpc) is 2.48. The van der Waals surface area contributed by atoms with Gasteiger partial charge in [-0.05, 0) is 46.5 Å². The van der Waals surface area contributed by atoms with Gasteiger partial charge >= 0.3 is 0 Å². The Morgan fingerprint density at radius 2 is 2.05 bits per heavy atom. The maximum absolute atomic E-state index is 9.69. The number of halogens is 1. The third kappa shape index (κ3) is 3.96. The van der Waals surface area contributed by atoms with Gasteiger partial charge in [-0.3, -0.25) is 0 Å². The highest BCUT2D eigenvalue weighted by atomic mass is 79.9. The fourth-order valence-corrected chi connectivity index (χ4v) is 3.57. The van der Waals surface area contributed by atoms with Crippen molar-refractivity contribution < 1.29 is 9.84 Å². The maximum atomic E-state index is 9.69. The van der Waals surface area contributed by atoms with E-state index < -0.39 is 0 Å². The first kappa shape index (κ1) is 15.8. The molecule has 1 aromatic rings. The van der Waals surface area contributed by atoms with Gasteiger partial charge in [0.15, 0.2) is 0 Å². The Morgan fingerprint density at radius 3 is 2.65 bits per heavy atom. The summed E-state index contributed by atoms with van der Waals surface area (Å²) in [6, 6.07) is 6.13. The van der Waals surface area contributed by atoms with Crippen LogP contribution in [-0.2, 0) is 6.54 Å². The molecule has 1 aliphatic rings. The van der Waals surface area contributed by atoms with E-state index in [2.05, 4.69) is 33.4 Å². The zero-order valence-electron chi connectivity index (χ0n) is 12.1. The van der Waals surface area contributed by atoms with Crippen LogP contribution in [0.15, 0.2) is 22.7 Å². The maximum Gasteiger partial charge on any atom is 0.133 e. The molecule has 0 spiro atoms. The smallest absolute Gasteiger partial charge is 0.133 e. The molecule has 2 rings (SSSR count). The quantitative estimate of drug-likeness (QED) is 0.832. The van der Waals surface area contributed by atoms with Crippen LogP contribution in [0.4, 0.5) is 0 Å². The number of benzene rings is 1. The summed E-state index contributed by atoms with van der Waals surface area (Å²) in [7, 11) is 1.67. The summed E-state index contributed by atoms with van der Waals surface area (Å²) in [5, 5.41) is 13.2. The van der Waals surface area contributed by atoms with Crippen LogP contribution in [-0.4, -0.2) is 25.4 Å². The van der Waals surface area contributed by atoms with E-state index in [4.69, 9.17) is 4.74 Å². The van der Waals surface area contributed by atoms with E-state index in [9.17, 15) is 5.11 Å². The van der Waals surface area contributed by atoms with E-state index in [0.29, 0.717) is 6.61 Å². The van der Waals surface area contributed by atoms with E-state index in [1.807, 2.05) is 6.07 Å². The molecule has 112 valence electrons. The average molecular weight is 342 g/mol.